The fourth-order valence-corrected chi connectivity index (χ4v) is 3.08. The zero-order chi connectivity index (χ0) is 13.0. The van der Waals surface area contributed by atoms with Crippen LogP contribution in [-0.4, -0.2) is 36.3 Å². The molecule has 2 amide bonds. The van der Waals surface area contributed by atoms with Gasteiger partial charge in [-0.3, -0.25) is 9.59 Å². The summed E-state index contributed by atoms with van der Waals surface area (Å²) in [5.74, 6) is 0.918. The molecule has 0 aromatic carbocycles. The van der Waals surface area contributed by atoms with Crippen molar-refractivity contribution in [1.29, 1.82) is 0 Å². The molecule has 0 bridgehead atoms. The Morgan fingerprint density at radius 2 is 1.89 bits per heavy atom. The van der Waals surface area contributed by atoms with Gasteiger partial charge in [0.1, 0.15) is 0 Å². The van der Waals surface area contributed by atoms with Crippen LogP contribution < -0.4 is 5.32 Å². The fraction of sp³-hybridized carbons (Fsp3) is 0.857. The largest absolute Gasteiger partial charge is 0.356 e. The summed E-state index contributed by atoms with van der Waals surface area (Å²) < 4.78 is 0. The number of piperidine rings is 1. The van der Waals surface area contributed by atoms with Crippen molar-refractivity contribution < 1.29 is 9.59 Å². The average Bonchev–Trinajstić information content (AvgIpc) is 2.89. The maximum Gasteiger partial charge on any atom is 0.224 e. The molecule has 1 heterocycles. The van der Waals surface area contributed by atoms with Gasteiger partial charge in [0, 0.05) is 26.6 Å². The Morgan fingerprint density at radius 1 is 1.17 bits per heavy atom. The Kier molecular flexibility index (Phi) is 4.61. The highest BCUT2D eigenvalue weighted by atomic mass is 16.2. The van der Waals surface area contributed by atoms with E-state index in [4.69, 9.17) is 0 Å². The third-order valence-electron chi connectivity index (χ3n) is 4.28. The maximum absolute atomic E-state index is 12.1. The van der Waals surface area contributed by atoms with Crippen molar-refractivity contribution in [2.24, 2.45) is 11.8 Å². The number of hydrogen-bond acceptors (Lipinski definition) is 2. The van der Waals surface area contributed by atoms with E-state index in [0.29, 0.717) is 12.5 Å². The average molecular weight is 252 g/mol. The number of nitrogens with one attached hydrogen (secondary N) is 1. The summed E-state index contributed by atoms with van der Waals surface area (Å²) in [4.78, 5) is 25.2. The van der Waals surface area contributed by atoms with Crippen LogP contribution in [0.1, 0.15) is 45.4 Å². The van der Waals surface area contributed by atoms with E-state index in [-0.39, 0.29) is 17.7 Å². The van der Waals surface area contributed by atoms with Gasteiger partial charge in [-0.2, -0.15) is 0 Å². The maximum atomic E-state index is 12.1. The highest BCUT2D eigenvalue weighted by molar-refractivity contribution is 5.80. The quantitative estimate of drug-likeness (QED) is 0.828. The Bertz CT molecular complexity index is 311. The smallest absolute Gasteiger partial charge is 0.224 e. The minimum absolute atomic E-state index is 0.00375. The van der Waals surface area contributed by atoms with Crippen LogP contribution in [0.2, 0.25) is 0 Å². The summed E-state index contributed by atoms with van der Waals surface area (Å²) in [6, 6.07) is 0. The van der Waals surface area contributed by atoms with Crippen LogP contribution in [0.25, 0.3) is 0 Å². The van der Waals surface area contributed by atoms with Crippen LogP contribution in [0.5, 0.6) is 0 Å². The lowest BCUT2D eigenvalue weighted by Gasteiger charge is -2.31. The van der Waals surface area contributed by atoms with E-state index in [1.165, 1.54) is 25.7 Å². The second-order valence-corrected chi connectivity index (χ2v) is 5.70. The van der Waals surface area contributed by atoms with Crippen molar-refractivity contribution >= 4 is 11.8 Å². The molecule has 1 aliphatic heterocycles. The number of likely N-dealkylation sites (tertiary alicyclic amines) is 1. The van der Waals surface area contributed by atoms with Crippen LogP contribution in [0.4, 0.5) is 0 Å². The number of nitrogens with zero attached hydrogens (tertiary/aromatic N) is 1. The molecule has 2 rings (SSSR count). The Balaban J connectivity index is 1.75. The lowest BCUT2D eigenvalue weighted by Crippen LogP contribution is -2.45. The lowest BCUT2D eigenvalue weighted by atomic mass is 9.96. The predicted molar refractivity (Wildman–Crippen MR) is 69.9 cm³/mol. The monoisotopic (exact) mass is 252 g/mol. The van der Waals surface area contributed by atoms with Gasteiger partial charge in [-0.1, -0.05) is 12.8 Å². The fourth-order valence-electron chi connectivity index (χ4n) is 3.08. The highest BCUT2D eigenvalue weighted by Gasteiger charge is 2.27. The molecule has 1 N–H and O–H groups in total. The normalized spacial score (nSPS) is 25.2. The van der Waals surface area contributed by atoms with Gasteiger partial charge in [0.05, 0.1) is 5.92 Å². The SMILES string of the molecule is CC(=O)N1CCCC(C(=O)NCC2CCCC2)C1. The van der Waals surface area contributed by atoms with Gasteiger partial charge in [-0.15, -0.1) is 0 Å². The molecule has 1 saturated heterocycles. The molecule has 0 spiro atoms. The molecule has 2 aliphatic rings. The van der Waals surface area contributed by atoms with Crippen LogP contribution in [0, 0.1) is 11.8 Å². The van der Waals surface area contributed by atoms with Crippen LogP contribution >= 0.6 is 0 Å². The predicted octanol–water partition coefficient (Wildman–Crippen LogP) is 1.55. The first kappa shape index (κ1) is 13.4. The molecule has 1 unspecified atom stereocenters. The molecule has 0 aromatic rings. The summed E-state index contributed by atoms with van der Waals surface area (Å²) in [6.45, 7) is 3.82. The van der Waals surface area contributed by atoms with E-state index >= 15 is 0 Å². The van der Waals surface area contributed by atoms with Crippen molar-refractivity contribution in [3.63, 3.8) is 0 Å². The zero-order valence-corrected chi connectivity index (χ0v) is 11.3. The number of carbonyl (C=O) groups excluding carboxylic acids is 2. The number of amides is 2. The van der Waals surface area contributed by atoms with Crippen molar-refractivity contribution in [3.8, 4) is 0 Å². The summed E-state index contributed by atoms with van der Waals surface area (Å²) in [5.41, 5.74) is 0. The van der Waals surface area contributed by atoms with Gasteiger partial charge in [0.15, 0.2) is 0 Å². The third kappa shape index (κ3) is 3.47. The lowest BCUT2D eigenvalue weighted by molar-refractivity contribution is -0.134. The summed E-state index contributed by atoms with van der Waals surface area (Å²) >= 11 is 0. The van der Waals surface area contributed by atoms with Crippen LogP contribution in [0.15, 0.2) is 0 Å². The summed E-state index contributed by atoms with van der Waals surface area (Å²) in [7, 11) is 0. The van der Waals surface area contributed by atoms with Crippen molar-refractivity contribution in [2.45, 2.75) is 45.4 Å². The van der Waals surface area contributed by atoms with E-state index in [9.17, 15) is 9.59 Å². The Hall–Kier alpha value is -1.06. The van der Waals surface area contributed by atoms with Gasteiger partial charge in [-0.05, 0) is 31.6 Å². The summed E-state index contributed by atoms with van der Waals surface area (Å²) in [5, 5.41) is 3.08. The molecule has 4 heteroatoms. The first-order chi connectivity index (χ1) is 8.66. The van der Waals surface area contributed by atoms with Crippen molar-refractivity contribution in [3.05, 3.63) is 0 Å². The zero-order valence-electron chi connectivity index (χ0n) is 11.3. The number of carbonyl (C=O) groups is 2. The molecule has 0 radical (unpaired) electrons. The molecule has 2 fully saturated rings. The van der Waals surface area contributed by atoms with Gasteiger partial charge in [-0.25, -0.2) is 0 Å². The van der Waals surface area contributed by atoms with E-state index in [1.54, 1.807) is 11.8 Å². The summed E-state index contributed by atoms with van der Waals surface area (Å²) in [6.07, 6.45) is 6.99. The van der Waals surface area contributed by atoms with Crippen molar-refractivity contribution in [1.82, 2.24) is 10.2 Å². The topological polar surface area (TPSA) is 49.4 Å². The van der Waals surface area contributed by atoms with E-state index in [1.807, 2.05) is 0 Å². The number of hydrogen-bond donors (Lipinski definition) is 1. The van der Waals surface area contributed by atoms with E-state index in [2.05, 4.69) is 5.32 Å². The molecule has 1 saturated carbocycles. The molecule has 18 heavy (non-hydrogen) atoms. The van der Waals surface area contributed by atoms with E-state index in [0.717, 1.165) is 25.9 Å². The molecule has 102 valence electrons. The molecule has 0 aromatic heterocycles. The van der Waals surface area contributed by atoms with E-state index < -0.39 is 0 Å². The molecule has 1 atom stereocenters. The highest BCUT2D eigenvalue weighted by Crippen LogP contribution is 2.24. The Labute approximate surface area is 109 Å². The number of rotatable bonds is 3. The van der Waals surface area contributed by atoms with Gasteiger partial charge in [0.2, 0.25) is 11.8 Å². The molecular formula is C14H24N2O2. The molecule has 4 nitrogen and oxygen atoms in total. The van der Waals surface area contributed by atoms with Gasteiger partial charge < -0.3 is 10.2 Å². The van der Waals surface area contributed by atoms with Gasteiger partial charge in [0.25, 0.3) is 0 Å². The first-order valence-electron chi connectivity index (χ1n) is 7.20. The molecule has 1 aliphatic carbocycles. The first-order valence-corrected chi connectivity index (χ1v) is 7.20. The van der Waals surface area contributed by atoms with Crippen LogP contribution in [0.3, 0.4) is 0 Å². The van der Waals surface area contributed by atoms with Crippen LogP contribution in [-0.2, 0) is 9.59 Å². The standard InChI is InChI=1S/C14H24N2O2/c1-11(17)16-8-4-7-13(10-16)14(18)15-9-12-5-2-3-6-12/h12-13H,2-10H2,1H3,(H,15,18). The second-order valence-electron chi connectivity index (χ2n) is 5.70. The van der Waals surface area contributed by atoms with Gasteiger partial charge >= 0.3 is 0 Å². The third-order valence-corrected chi connectivity index (χ3v) is 4.28. The Morgan fingerprint density at radius 3 is 2.56 bits per heavy atom. The second kappa shape index (κ2) is 6.21. The van der Waals surface area contributed by atoms with Crippen molar-refractivity contribution in [2.75, 3.05) is 19.6 Å². The molecular weight excluding hydrogens is 228 g/mol. The minimum atomic E-state index is 0.00375. The minimum Gasteiger partial charge on any atom is -0.356 e.